The molecule has 0 heterocycles. The SMILES string of the molecule is Cc1cc(Br)cc(CCl)c1OC(F)F. The molecule has 0 saturated carbocycles. The fourth-order valence-electron chi connectivity index (χ4n) is 1.16. The Labute approximate surface area is 94.1 Å². The van der Waals surface area contributed by atoms with Gasteiger partial charge in [-0.3, -0.25) is 0 Å². The van der Waals surface area contributed by atoms with Gasteiger partial charge in [-0.1, -0.05) is 15.9 Å². The van der Waals surface area contributed by atoms with Gasteiger partial charge in [-0.15, -0.1) is 11.6 Å². The van der Waals surface area contributed by atoms with E-state index in [-0.39, 0.29) is 11.6 Å². The number of rotatable bonds is 3. The molecule has 14 heavy (non-hydrogen) atoms. The average molecular weight is 286 g/mol. The second-order valence-corrected chi connectivity index (χ2v) is 3.91. The molecule has 0 saturated heterocycles. The number of hydrogen-bond donors (Lipinski definition) is 0. The molecule has 0 N–H and O–H groups in total. The molecular weight excluding hydrogens is 277 g/mol. The molecule has 0 aliphatic carbocycles. The van der Waals surface area contributed by atoms with Crippen molar-refractivity contribution < 1.29 is 13.5 Å². The monoisotopic (exact) mass is 284 g/mol. The Morgan fingerprint density at radius 2 is 2.14 bits per heavy atom. The first-order valence-electron chi connectivity index (χ1n) is 3.84. The van der Waals surface area contributed by atoms with Gasteiger partial charge in [0.15, 0.2) is 0 Å². The third-order valence-electron chi connectivity index (χ3n) is 1.67. The topological polar surface area (TPSA) is 9.23 Å². The highest BCUT2D eigenvalue weighted by Gasteiger charge is 2.12. The van der Waals surface area contributed by atoms with Crippen molar-refractivity contribution in [1.82, 2.24) is 0 Å². The zero-order valence-electron chi connectivity index (χ0n) is 7.36. The fourth-order valence-corrected chi connectivity index (χ4v) is 1.97. The summed E-state index contributed by atoms with van der Waals surface area (Å²) in [7, 11) is 0. The van der Waals surface area contributed by atoms with E-state index in [1.807, 2.05) is 0 Å². The Balaban J connectivity index is 3.11. The Morgan fingerprint density at radius 3 is 2.64 bits per heavy atom. The van der Waals surface area contributed by atoms with Crippen LogP contribution in [0.1, 0.15) is 11.1 Å². The lowest BCUT2D eigenvalue weighted by Gasteiger charge is -2.12. The molecule has 0 bridgehead atoms. The van der Waals surface area contributed by atoms with Gasteiger partial charge in [-0.25, -0.2) is 0 Å². The van der Waals surface area contributed by atoms with Crippen molar-refractivity contribution in [2.45, 2.75) is 19.4 Å². The molecule has 1 rings (SSSR count). The van der Waals surface area contributed by atoms with Crippen LogP contribution >= 0.6 is 27.5 Å². The summed E-state index contributed by atoms with van der Waals surface area (Å²) >= 11 is 8.87. The maximum atomic E-state index is 12.0. The van der Waals surface area contributed by atoms with Crippen molar-refractivity contribution in [1.29, 1.82) is 0 Å². The normalized spacial score (nSPS) is 10.7. The summed E-state index contributed by atoms with van der Waals surface area (Å²) in [6.45, 7) is -1.13. The van der Waals surface area contributed by atoms with E-state index in [4.69, 9.17) is 11.6 Å². The molecular formula is C9H8BrClF2O. The van der Waals surface area contributed by atoms with Gasteiger partial charge in [0, 0.05) is 10.0 Å². The van der Waals surface area contributed by atoms with Gasteiger partial charge in [0.25, 0.3) is 0 Å². The van der Waals surface area contributed by atoms with E-state index in [2.05, 4.69) is 20.7 Å². The zero-order chi connectivity index (χ0) is 10.7. The van der Waals surface area contributed by atoms with Crippen LogP contribution in [-0.2, 0) is 5.88 Å². The molecule has 5 heteroatoms. The van der Waals surface area contributed by atoms with Crippen molar-refractivity contribution in [2.75, 3.05) is 0 Å². The van der Waals surface area contributed by atoms with Gasteiger partial charge < -0.3 is 4.74 Å². The molecule has 0 unspecified atom stereocenters. The zero-order valence-corrected chi connectivity index (χ0v) is 9.70. The largest absolute Gasteiger partial charge is 0.434 e. The number of alkyl halides is 3. The standard InChI is InChI=1S/C9H8BrClF2O/c1-5-2-7(10)3-6(4-11)8(5)14-9(12)13/h2-3,9H,4H2,1H3. The lowest BCUT2D eigenvalue weighted by molar-refractivity contribution is -0.0507. The predicted octanol–water partition coefficient (Wildman–Crippen LogP) is 4.10. The molecule has 0 aliphatic rings. The van der Waals surface area contributed by atoms with Crippen LogP contribution in [0.4, 0.5) is 8.78 Å². The molecule has 0 aliphatic heterocycles. The van der Waals surface area contributed by atoms with Crippen LogP contribution in [0, 0.1) is 6.92 Å². The highest BCUT2D eigenvalue weighted by molar-refractivity contribution is 9.10. The summed E-state index contributed by atoms with van der Waals surface area (Å²) in [6, 6.07) is 3.37. The molecule has 1 aromatic carbocycles. The quantitative estimate of drug-likeness (QED) is 0.760. The molecule has 0 radical (unpaired) electrons. The van der Waals surface area contributed by atoms with Crippen molar-refractivity contribution in [3.63, 3.8) is 0 Å². The summed E-state index contributed by atoms with van der Waals surface area (Å²) in [5.41, 5.74) is 1.19. The number of hydrogen-bond acceptors (Lipinski definition) is 1. The first-order valence-corrected chi connectivity index (χ1v) is 5.17. The molecule has 0 atom stereocenters. The second-order valence-electron chi connectivity index (χ2n) is 2.72. The number of benzene rings is 1. The van der Waals surface area contributed by atoms with Crippen LogP contribution in [0.25, 0.3) is 0 Å². The van der Waals surface area contributed by atoms with E-state index < -0.39 is 6.61 Å². The van der Waals surface area contributed by atoms with Crippen molar-refractivity contribution in [2.24, 2.45) is 0 Å². The Kier molecular flexibility index (Phi) is 4.13. The predicted molar refractivity (Wildman–Crippen MR) is 55.1 cm³/mol. The van der Waals surface area contributed by atoms with Gasteiger partial charge >= 0.3 is 6.61 Å². The van der Waals surface area contributed by atoms with Gasteiger partial charge in [0.1, 0.15) is 5.75 Å². The second kappa shape index (κ2) is 4.94. The van der Waals surface area contributed by atoms with Crippen LogP contribution in [0.15, 0.2) is 16.6 Å². The summed E-state index contributed by atoms with van der Waals surface area (Å²) in [5.74, 6) is 0.306. The minimum atomic E-state index is -2.82. The van der Waals surface area contributed by atoms with Crippen LogP contribution in [0.5, 0.6) is 5.75 Å². The average Bonchev–Trinajstić information content (AvgIpc) is 2.08. The van der Waals surface area contributed by atoms with Gasteiger partial charge in [0.2, 0.25) is 0 Å². The van der Waals surface area contributed by atoms with Crippen LogP contribution in [-0.4, -0.2) is 6.61 Å². The third kappa shape index (κ3) is 2.82. The fraction of sp³-hybridized carbons (Fsp3) is 0.333. The first kappa shape index (κ1) is 11.7. The summed E-state index contributed by atoms with van der Waals surface area (Å²) in [5, 5.41) is 0. The highest BCUT2D eigenvalue weighted by Crippen LogP contribution is 2.30. The van der Waals surface area contributed by atoms with Crippen LogP contribution in [0.2, 0.25) is 0 Å². The van der Waals surface area contributed by atoms with E-state index >= 15 is 0 Å². The molecule has 1 nitrogen and oxygen atoms in total. The lowest BCUT2D eigenvalue weighted by atomic mass is 10.1. The summed E-state index contributed by atoms with van der Waals surface area (Å²) < 4.78 is 29.3. The van der Waals surface area contributed by atoms with Gasteiger partial charge in [-0.2, -0.15) is 8.78 Å². The Hall–Kier alpha value is -0.350. The molecule has 0 amide bonds. The lowest BCUT2D eigenvalue weighted by Crippen LogP contribution is -2.05. The van der Waals surface area contributed by atoms with E-state index in [0.29, 0.717) is 11.1 Å². The van der Waals surface area contributed by atoms with E-state index in [1.54, 1.807) is 19.1 Å². The molecule has 78 valence electrons. The molecule has 0 fully saturated rings. The highest BCUT2D eigenvalue weighted by atomic mass is 79.9. The molecule has 1 aromatic rings. The summed E-state index contributed by atoms with van der Waals surface area (Å²) in [6.07, 6.45) is 0. The molecule has 0 spiro atoms. The van der Waals surface area contributed by atoms with Crippen LogP contribution in [0.3, 0.4) is 0 Å². The maximum Gasteiger partial charge on any atom is 0.387 e. The first-order chi connectivity index (χ1) is 6.54. The minimum absolute atomic E-state index is 0.141. The third-order valence-corrected chi connectivity index (χ3v) is 2.41. The smallest absolute Gasteiger partial charge is 0.387 e. The Bertz CT molecular complexity index is 331. The Morgan fingerprint density at radius 1 is 1.50 bits per heavy atom. The minimum Gasteiger partial charge on any atom is -0.434 e. The number of ether oxygens (including phenoxy) is 1. The van der Waals surface area contributed by atoms with Crippen molar-refractivity contribution in [3.05, 3.63) is 27.7 Å². The van der Waals surface area contributed by atoms with Gasteiger partial charge in [0.05, 0.1) is 5.88 Å². The van der Waals surface area contributed by atoms with Crippen molar-refractivity contribution >= 4 is 27.5 Å². The van der Waals surface area contributed by atoms with E-state index in [1.165, 1.54) is 0 Å². The number of aryl methyl sites for hydroxylation is 1. The van der Waals surface area contributed by atoms with Crippen LogP contribution < -0.4 is 4.74 Å². The van der Waals surface area contributed by atoms with E-state index in [9.17, 15) is 8.78 Å². The summed E-state index contributed by atoms with van der Waals surface area (Å²) in [4.78, 5) is 0. The maximum absolute atomic E-state index is 12.0. The van der Waals surface area contributed by atoms with Crippen molar-refractivity contribution in [3.8, 4) is 5.75 Å². The number of halogens is 4. The van der Waals surface area contributed by atoms with E-state index in [0.717, 1.165) is 4.47 Å². The molecule has 0 aromatic heterocycles. The van der Waals surface area contributed by atoms with Gasteiger partial charge in [-0.05, 0) is 24.6 Å².